The van der Waals surface area contributed by atoms with Crippen LogP contribution in [0.15, 0.2) is 12.3 Å². The number of esters is 1. The second kappa shape index (κ2) is 4.93. The molecule has 1 unspecified atom stereocenters. The van der Waals surface area contributed by atoms with Crippen LogP contribution >= 0.6 is 11.6 Å². The normalized spacial score (nSPS) is 12.0. The number of hydrogen-bond donors (Lipinski definition) is 1. The van der Waals surface area contributed by atoms with Crippen LogP contribution < -0.4 is 5.32 Å². The van der Waals surface area contributed by atoms with Gasteiger partial charge in [-0.15, -0.1) is 0 Å². The Bertz CT molecular complexity index is 373. The van der Waals surface area contributed by atoms with E-state index in [0.29, 0.717) is 0 Å². The van der Waals surface area contributed by atoms with Gasteiger partial charge in [0, 0.05) is 6.20 Å². The standard InChI is InChI=1S/C9H10ClFN2O2/c1-5(9(14)15-2)13-8-7(11)3-6(10)4-12-8/h3-5H,1-2H3,(H,12,13). The zero-order chi connectivity index (χ0) is 11.4. The van der Waals surface area contributed by atoms with Crippen LogP contribution in [0.5, 0.6) is 0 Å². The molecule has 1 aromatic rings. The van der Waals surface area contributed by atoms with Crippen molar-refractivity contribution in [1.29, 1.82) is 0 Å². The zero-order valence-electron chi connectivity index (χ0n) is 8.25. The summed E-state index contributed by atoms with van der Waals surface area (Å²) >= 11 is 5.52. The van der Waals surface area contributed by atoms with Crippen LogP contribution in [0.1, 0.15) is 6.92 Å². The third-order valence-electron chi connectivity index (χ3n) is 1.72. The molecule has 0 aromatic carbocycles. The quantitative estimate of drug-likeness (QED) is 0.808. The lowest BCUT2D eigenvalue weighted by atomic mass is 10.3. The van der Waals surface area contributed by atoms with E-state index in [-0.39, 0.29) is 10.8 Å². The van der Waals surface area contributed by atoms with Gasteiger partial charge in [-0.3, -0.25) is 0 Å². The Hall–Kier alpha value is -1.36. The Balaban J connectivity index is 2.76. The van der Waals surface area contributed by atoms with Crippen LogP contribution in [0.3, 0.4) is 0 Å². The molecule has 0 spiro atoms. The number of nitrogens with zero attached hydrogens (tertiary/aromatic N) is 1. The first kappa shape index (κ1) is 11.7. The summed E-state index contributed by atoms with van der Waals surface area (Å²) in [4.78, 5) is 14.7. The van der Waals surface area contributed by atoms with E-state index in [1.807, 2.05) is 0 Å². The number of pyridine rings is 1. The van der Waals surface area contributed by atoms with E-state index in [0.717, 1.165) is 6.07 Å². The first-order valence-corrected chi connectivity index (χ1v) is 4.57. The highest BCUT2D eigenvalue weighted by Gasteiger charge is 2.15. The van der Waals surface area contributed by atoms with Crippen molar-refractivity contribution in [3.8, 4) is 0 Å². The fourth-order valence-electron chi connectivity index (χ4n) is 0.962. The van der Waals surface area contributed by atoms with E-state index in [1.165, 1.54) is 13.3 Å². The SMILES string of the molecule is COC(=O)C(C)Nc1ncc(Cl)cc1F. The fourth-order valence-corrected chi connectivity index (χ4v) is 1.11. The lowest BCUT2D eigenvalue weighted by molar-refractivity contribution is -0.141. The number of ether oxygens (including phenoxy) is 1. The van der Waals surface area contributed by atoms with Crippen molar-refractivity contribution in [1.82, 2.24) is 4.98 Å². The number of aromatic nitrogens is 1. The molecule has 1 atom stereocenters. The molecule has 4 nitrogen and oxygen atoms in total. The molecule has 0 amide bonds. The third kappa shape index (κ3) is 3.06. The van der Waals surface area contributed by atoms with Crippen molar-refractivity contribution in [2.24, 2.45) is 0 Å². The minimum atomic E-state index is -0.668. The molecule has 82 valence electrons. The van der Waals surface area contributed by atoms with Crippen LogP contribution in [0.2, 0.25) is 5.02 Å². The second-order valence-corrected chi connectivity index (χ2v) is 3.31. The largest absolute Gasteiger partial charge is 0.467 e. The lowest BCUT2D eigenvalue weighted by Gasteiger charge is -2.12. The van der Waals surface area contributed by atoms with Gasteiger partial charge in [0.25, 0.3) is 0 Å². The van der Waals surface area contributed by atoms with Gasteiger partial charge in [0.1, 0.15) is 6.04 Å². The second-order valence-electron chi connectivity index (χ2n) is 2.87. The summed E-state index contributed by atoms with van der Waals surface area (Å²) in [5.41, 5.74) is 0. The molecule has 0 bridgehead atoms. The lowest BCUT2D eigenvalue weighted by Crippen LogP contribution is -2.28. The highest BCUT2D eigenvalue weighted by Crippen LogP contribution is 2.16. The number of halogens is 2. The molecule has 1 aromatic heterocycles. The third-order valence-corrected chi connectivity index (χ3v) is 1.92. The maximum atomic E-state index is 13.2. The molecule has 1 N–H and O–H groups in total. The van der Waals surface area contributed by atoms with Crippen LogP contribution in [-0.2, 0) is 9.53 Å². The molecule has 0 saturated heterocycles. The molecular weight excluding hydrogens is 223 g/mol. The van der Waals surface area contributed by atoms with E-state index in [2.05, 4.69) is 15.0 Å². The summed E-state index contributed by atoms with van der Waals surface area (Å²) in [5.74, 6) is -1.14. The average Bonchev–Trinajstić information content (AvgIpc) is 2.20. The Labute approximate surface area is 91.4 Å². The molecular formula is C9H10ClFN2O2. The van der Waals surface area contributed by atoms with Gasteiger partial charge in [-0.1, -0.05) is 11.6 Å². The molecule has 6 heteroatoms. The Morgan fingerprint density at radius 2 is 2.40 bits per heavy atom. The molecule has 1 rings (SSSR count). The summed E-state index contributed by atoms with van der Waals surface area (Å²) in [5, 5.41) is 2.77. The maximum absolute atomic E-state index is 13.2. The van der Waals surface area contributed by atoms with Gasteiger partial charge >= 0.3 is 5.97 Å². The van der Waals surface area contributed by atoms with Crippen LogP contribution in [0.25, 0.3) is 0 Å². The van der Waals surface area contributed by atoms with Gasteiger partial charge in [-0.2, -0.15) is 0 Å². The van der Waals surface area contributed by atoms with Crippen LogP contribution in [-0.4, -0.2) is 24.1 Å². The summed E-state index contributed by atoms with van der Waals surface area (Å²) in [7, 11) is 1.26. The van der Waals surface area contributed by atoms with Gasteiger partial charge in [0.2, 0.25) is 0 Å². The summed E-state index contributed by atoms with van der Waals surface area (Å²) in [6.07, 6.45) is 1.29. The van der Waals surface area contributed by atoms with Crippen molar-refractivity contribution in [3.05, 3.63) is 23.1 Å². The van der Waals surface area contributed by atoms with Crippen molar-refractivity contribution >= 4 is 23.4 Å². The topological polar surface area (TPSA) is 51.2 Å². The number of hydrogen-bond acceptors (Lipinski definition) is 4. The van der Waals surface area contributed by atoms with Crippen LogP contribution in [0.4, 0.5) is 10.2 Å². The summed E-state index contributed by atoms with van der Waals surface area (Å²) in [6, 6.07) is 0.444. The van der Waals surface area contributed by atoms with E-state index in [1.54, 1.807) is 6.92 Å². The van der Waals surface area contributed by atoms with Gasteiger partial charge in [-0.25, -0.2) is 14.2 Å². The highest BCUT2D eigenvalue weighted by molar-refractivity contribution is 6.30. The van der Waals surface area contributed by atoms with Gasteiger partial charge in [0.05, 0.1) is 12.1 Å². The van der Waals surface area contributed by atoms with Crippen molar-refractivity contribution in [3.63, 3.8) is 0 Å². The molecule has 0 fully saturated rings. The van der Waals surface area contributed by atoms with Crippen molar-refractivity contribution in [2.75, 3.05) is 12.4 Å². The van der Waals surface area contributed by atoms with Crippen molar-refractivity contribution in [2.45, 2.75) is 13.0 Å². The van der Waals surface area contributed by atoms with E-state index in [4.69, 9.17) is 11.6 Å². The summed E-state index contributed by atoms with van der Waals surface area (Å²) < 4.78 is 17.7. The minimum Gasteiger partial charge on any atom is -0.467 e. The Morgan fingerprint density at radius 1 is 1.73 bits per heavy atom. The van der Waals surface area contributed by atoms with E-state index >= 15 is 0 Å². The van der Waals surface area contributed by atoms with Gasteiger partial charge in [0.15, 0.2) is 11.6 Å². The van der Waals surface area contributed by atoms with E-state index in [9.17, 15) is 9.18 Å². The molecule has 15 heavy (non-hydrogen) atoms. The Morgan fingerprint density at radius 3 is 2.93 bits per heavy atom. The molecule has 0 radical (unpaired) electrons. The van der Waals surface area contributed by atoms with Crippen molar-refractivity contribution < 1.29 is 13.9 Å². The number of methoxy groups -OCH3 is 1. The number of anilines is 1. The molecule has 0 aliphatic carbocycles. The monoisotopic (exact) mass is 232 g/mol. The number of carbonyl (C=O) groups is 1. The highest BCUT2D eigenvalue weighted by atomic mass is 35.5. The molecule has 0 aliphatic rings. The molecule has 1 heterocycles. The number of rotatable bonds is 3. The predicted octanol–water partition coefficient (Wildman–Crippen LogP) is 1.85. The van der Waals surface area contributed by atoms with Gasteiger partial charge < -0.3 is 10.1 Å². The first-order valence-electron chi connectivity index (χ1n) is 4.20. The first-order chi connectivity index (χ1) is 7.04. The average molecular weight is 233 g/mol. The van der Waals surface area contributed by atoms with Gasteiger partial charge in [-0.05, 0) is 13.0 Å². The summed E-state index contributed by atoms with van der Waals surface area (Å²) in [6.45, 7) is 1.54. The molecule has 0 aliphatic heterocycles. The Kier molecular flexibility index (Phi) is 3.85. The zero-order valence-corrected chi connectivity index (χ0v) is 9.01. The minimum absolute atomic E-state index is 0.0303. The fraction of sp³-hybridized carbons (Fsp3) is 0.333. The smallest absolute Gasteiger partial charge is 0.328 e. The van der Waals surface area contributed by atoms with E-state index < -0.39 is 17.8 Å². The molecule has 0 saturated carbocycles. The number of nitrogens with one attached hydrogen (secondary N) is 1. The number of carbonyl (C=O) groups excluding carboxylic acids is 1. The predicted molar refractivity (Wildman–Crippen MR) is 54.3 cm³/mol. The van der Waals surface area contributed by atoms with Crippen LogP contribution in [0, 0.1) is 5.82 Å². The maximum Gasteiger partial charge on any atom is 0.328 e.